The first-order valence-corrected chi connectivity index (χ1v) is 5.25. The molecule has 1 heteroatoms. The zero-order valence-corrected chi connectivity index (χ0v) is 8.77. The maximum Gasteiger partial charge on any atom is 0.0351 e. The third-order valence-corrected chi connectivity index (χ3v) is 3.45. The Morgan fingerprint density at radius 3 is 2.86 bits per heavy atom. The Hall–Kier alpha value is -1.52. The molecule has 0 nitrogen and oxygen atoms in total. The van der Waals surface area contributed by atoms with E-state index in [-0.39, 0.29) is 0 Å². The van der Waals surface area contributed by atoms with E-state index in [0.717, 1.165) is 0 Å². The van der Waals surface area contributed by atoms with Crippen LogP contribution in [0.4, 0.5) is 0 Å². The monoisotopic (exact) mass is 198 g/mol. The maximum atomic E-state index is 5.19. The van der Waals surface area contributed by atoms with Crippen LogP contribution in [-0.4, -0.2) is 0 Å². The highest BCUT2D eigenvalue weighted by Gasteiger charge is 2.03. The van der Waals surface area contributed by atoms with E-state index in [1.165, 1.54) is 20.5 Å². The first-order chi connectivity index (χ1) is 6.83. The fourth-order valence-corrected chi connectivity index (χ4v) is 2.59. The van der Waals surface area contributed by atoms with Gasteiger partial charge in [0.15, 0.2) is 0 Å². The number of benzene rings is 1. The number of hydrogen-bond donors (Lipinski definition) is 0. The number of hydrogen-bond acceptors (Lipinski definition) is 1. The summed E-state index contributed by atoms with van der Waals surface area (Å²) in [7, 11) is 0. The van der Waals surface area contributed by atoms with E-state index in [9.17, 15) is 0 Å². The van der Waals surface area contributed by atoms with Crippen LogP contribution in [0.1, 0.15) is 10.4 Å². The summed E-state index contributed by atoms with van der Waals surface area (Å²) < 4.78 is 1.32. The summed E-state index contributed by atoms with van der Waals surface area (Å²) in [6.45, 7) is 2.13. The fourth-order valence-electron chi connectivity index (χ4n) is 1.48. The molecule has 0 fully saturated rings. The predicted molar refractivity (Wildman–Crippen MR) is 64.4 cm³/mol. The van der Waals surface area contributed by atoms with Gasteiger partial charge in [-0.15, -0.1) is 17.8 Å². The van der Waals surface area contributed by atoms with Gasteiger partial charge in [0.2, 0.25) is 0 Å². The molecule has 0 saturated carbocycles. The van der Waals surface area contributed by atoms with E-state index in [0.29, 0.717) is 0 Å². The van der Waals surface area contributed by atoms with Gasteiger partial charge in [0, 0.05) is 9.58 Å². The Morgan fingerprint density at radius 2 is 2.14 bits per heavy atom. The first kappa shape index (κ1) is 9.05. The molecule has 0 radical (unpaired) electrons. The Bertz CT molecular complexity index is 524. The highest BCUT2D eigenvalue weighted by atomic mass is 32.1. The first-order valence-electron chi connectivity index (χ1n) is 4.43. The van der Waals surface area contributed by atoms with Crippen molar-refractivity contribution in [3.63, 3.8) is 0 Å². The number of fused-ring (bicyclic) bond motifs is 1. The zero-order valence-electron chi connectivity index (χ0n) is 7.95. The summed E-state index contributed by atoms with van der Waals surface area (Å²) >= 11 is 1.78. The molecule has 2 aromatic rings. The molecule has 1 aromatic heterocycles. The number of rotatable bonds is 1. The smallest absolute Gasteiger partial charge is 0.0351 e. The molecule has 0 aliphatic rings. The Balaban J connectivity index is 2.64. The van der Waals surface area contributed by atoms with Crippen molar-refractivity contribution in [1.29, 1.82) is 0 Å². The predicted octanol–water partition coefficient (Wildman–Crippen LogP) is 3.86. The number of terminal acetylenes is 1. The fraction of sp³-hybridized carbons (Fsp3) is 0.0769. The highest BCUT2D eigenvalue weighted by Crippen LogP contribution is 2.31. The molecule has 68 valence electrons. The van der Waals surface area contributed by atoms with Crippen molar-refractivity contribution in [3.8, 4) is 12.3 Å². The summed E-state index contributed by atoms with van der Waals surface area (Å²) in [4.78, 5) is 1.25. The maximum absolute atomic E-state index is 5.19. The van der Waals surface area contributed by atoms with Crippen molar-refractivity contribution in [2.45, 2.75) is 6.92 Å². The SMILES string of the molecule is C#CC=Cc1sc2ccccc2c1C. The summed E-state index contributed by atoms with van der Waals surface area (Å²) in [6.07, 6.45) is 8.94. The van der Waals surface area contributed by atoms with Crippen molar-refractivity contribution >= 4 is 27.5 Å². The van der Waals surface area contributed by atoms with Gasteiger partial charge >= 0.3 is 0 Å². The largest absolute Gasteiger partial charge is 0.136 e. The van der Waals surface area contributed by atoms with Crippen LogP contribution in [0, 0.1) is 19.3 Å². The average Bonchev–Trinajstić information content (AvgIpc) is 2.54. The summed E-state index contributed by atoms with van der Waals surface area (Å²) in [5.41, 5.74) is 1.32. The van der Waals surface area contributed by atoms with Gasteiger partial charge in [0.25, 0.3) is 0 Å². The van der Waals surface area contributed by atoms with Gasteiger partial charge in [-0.1, -0.05) is 24.1 Å². The molecule has 0 aliphatic carbocycles. The van der Waals surface area contributed by atoms with Crippen LogP contribution >= 0.6 is 11.3 Å². The zero-order chi connectivity index (χ0) is 9.97. The van der Waals surface area contributed by atoms with Crippen LogP contribution in [0.25, 0.3) is 16.2 Å². The standard InChI is InChI=1S/C13H10S/c1-3-4-8-12-10(2)11-7-5-6-9-13(11)14-12/h1,4-9H,2H3. The summed E-state index contributed by atoms with van der Waals surface area (Å²) in [5.74, 6) is 2.51. The molecule has 0 N–H and O–H groups in total. The van der Waals surface area contributed by atoms with Crippen LogP contribution in [-0.2, 0) is 0 Å². The lowest BCUT2D eigenvalue weighted by molar-refractivity contribution is 1.57. The summed E-state index contributed by atoms with van der Waals surface area (Å²) in [5, 5.41) is 1.33. The molecule has 14 heavy (non-hydrogen) atoms. The number of aryl methyl sites for hydroxylation is 1. The molecular weight excluding hydrogens is 188 g/mol. The molecule has 2 rings (SSSR count). The van der Waals surface area contributed by atoms with E-state index in [1.54, 1.807) is 17.4 Å². The summed E-state index contributed by atoms with van der Waals surface area (Å²) in [6, 6.07) is 8.41. The quantitative estimate of drug-likeness (QED) is 0.610. The lowest BCUT2D eigenvalue weighted by atomic mass is 10.1. The average molecular weight is 198 g/mol. The van der Waals surface area contributed by atoms with Gasteiger partial charge in [-0.05, 0) is 36.1 Å². The Labute approximate surface area is 87.9 Å². The van der Waals surface area contributed by atoms with E-state index in [4.69, 9.17) is 6.42 Å². The van der Waals surface area contributed by atoms with E-state index in [1.807, 2.05) is 6.08 Å². The van der Waals surface area contributed by atoms with E-state index >= 15 is 0 Å². The molecule has 0 amide bonds. The van der Waals surface area contributed by atoms with Crippen molar-refractivity contribution in [2.24, 2.45) is 0 Å². The van der Waals surface area contributed by atoms with Crippen LogP contribution in [0.2, 0.25) is 0 Å². The molecule has 0 bridgehead atoms. The normalized spacial score (nSPS) is 10.9. The lowest BCUT2D eigenvalue weighted by Gasteiger charge is -1.89. The van der Waals surface area contributed by atoms with Crippen molar-refractivity contribution in [3.05, 3.63) is 40.8 Å². The third kappa shape index (κ3) is 1.45. The van der Waals surface area contributed by atoms with Crippen LogP contribution < -0.4 is 0 Å². The Morgan fingerprint density at radius 1 is 1.36 bits per heavy atom. The van der Waals surface area contributed by atoms with Gasteiger partial charge < -0.3 is 0 Å². The minimum Gasteiger partial charge on any atom is -0.136 e. The van der Waals surface area contributed by atoms with Crippen LogP contribution in [0.15, 0.2) is 30.3 Å². The topological polar surface area (TPSA) is 0 Å². The molecule has 1 heterocycles. The second kappa shape index (κ2) is 3.69. The molecule has 0 spiro atoms. The molecule has 0 unspecified atom stereocenters. The minimum absolute atomic E-state index is 1.25. The molecule has 0 saturated heterocycles. The minimum atomic E-state index is 1.25. The number of allylic oxidation sites excluding steroid dienone is 1. The van der Waals surface area contributed by atoms with Crippen molar-refractivity contribution in [1.82, 2.24) is 0 Å². The van der Waals surface area contributed by atoms with Crippen molar-refractivity contribution in [2.75, 3.05) is 0 Å². The molecule has 0 aliphatic heterocycles. The lowest BCUT2D eigenvalue weighted by Crippen LogP contribution is -1.69. The second-order valence-electron chi connectivity index (χ2n) is 3.09. The highest BCUT2D eigenvalue weighted by molar-refractivity contribution is 7.20. The molecular formula is C13H10S. The van der Waals surface area contributed by atoms with Gasteiger partial charge in [-0.25, -0.2) is 0 Å². The van der Waals surface area contributed by atoms with Gasteiger partial charge in [0.1, 0.15) is 0 Å². The van der Waals surface area contributed by atoms with Crippen molar-refractivity contribution < 1.29 is 0 Å². The van der Waals surface area contributed by atoms with E-state index < -0.39 is 0 Å². The number of thiophene rings is 1. The van der Waals surface area contributed by atoms with Gasteiger partial charge in [0.05, 0.1) is 0 Å². The Kier molecular flexibility index (Phi) is 2.39. The molecule has 0 atom stereocenters. The van der Waals surface area contributed by atoms with Gasteiger partial charge in [-0.2, -0.15) is 0 Å². The van der Waals surface area contributed by atoms with E-state index in [2.05, 4.69) is 37.1 Å². The van der Waals surface area contributed by atoms with Crippen LogP contribution in [0.3, 0.4) is 0 Å². The van der Waals surface area contributed by atoms with Crippen LogP contribution in [0.5, 0.6) is 0 Å². The molecule has 1 aromatic carbocycles. The third-order valence-electron chi connectivity index (χ3n) is 2.21. The second-order valence-corrected chi connectivity index (χ2v) is 4.17. The van der Waals surface area contributed by atoms with Gasteiger partial charge in [-0.3, -0.25) is 0 Å².